The molecule has 0 saturated carbocycles. The molecule has 1 aliphatic carbocycles. The Morgan fingerprint density at radius 2 is 1.86 bits per heavy atom. The molecule has 154 valence electrons. The smallest absolute Gasteiger partial charge is 0.323 e. The maximum absolute atomic E-state index is 13.1. The van der Waals surface area contributed by atoms with Gasteiger partial charge in [0.15, 0.2) is 5.78 Å². The highest BCUT2D eigenvalue weighted by Crippen LogP contribution is 2.33. The maximum atomic E-state index is 13.1. The summed E-state index contributed by atoms with van der Waals surface area (Å²) in [5, 5.41) is 9.34. The minimum atomic E-state index is -1.22. The zero-order chi connectivity index (χ0) is 20.5. The lowest BCUT2D eigenvalue weighted by molar-refractivity contribution is -0.137. The number of carbonyl (C=O) groups excluding carboxylic acids is 1. The average molecular weight is 415 g/mol. The Hall–Kier alpha value is -2.25. The summed E-state index contributed by atoms with van der Waals surface area (Å²) in [6, 6.07) is 7.70. The third-order valence-corrected chi connectivity index (χ3v) is 7.58. The summed E-state index contributed by atoms with van der Waals surface area (Å²) in [5.41, 5.74) is 4.19. The van der Waals surface area contributed by atoms with Crippen molar-refractivity contribution >= 4 is 22.7 Å². The van der Waals surface area contributed by atoms with Crippen LogP contribution in [-0.4, -0.2) is 43.0 Å². The topological polar surface area (TPSA) is 79.6 Å². The Labute approximate surface area is 173 Å². The SMILES string of the molecule is Cc1c(Cc2ccccc2S(=O)N2CCCC2)c2c(n1CC(=O)O)CCCC2=O. The number of hydrogen-bond acceptors (Lipinski definition) is 3. The highest BCUT2D eigenvalue weighted by Gasteiger charge is 2.30. The quantitative estimate of drug-likeness (QED) is 0.788. The number of benzene rings is 1. The number of fused-ring (bicyclic) bond motifs is 1. The Balaban J connectivity index is 1.76. The van der Waals surface area contributed by atoms with E-state index < -0.39 is 17.0 Å². The first-order chi connectivity index (χ1) is 14.0. The van der Waals surface area contributed by atoms with E-state index in [1.807, 2.05) is 35.5 Å². The van der Waals surface area contributed by atoms with E-state index in [4.69, 9.17) is 0 Å². The predicted molar refractivity (Wildman–Crippen MR) is 111 cm³/mol. The van der Waals surface area contributed by atoms with Crippen molar-refractivity contribution in [1.82, 2.24) is 8.87 Å². The number of nitrogens with zero attached hydrogens (tertiary/aromatic N) is 2. The third kappa shape index (κ3) is 3.81. The minimum Gasteiger partial charge on any atom is -0.480 e. The summed E-state index contributed by atoms with van der Waals surface area (Å²) in [4.78, 5) is 24.9. The Bertz CT molecular complexity index is 989. The van der Waals surface area contributed by atoms with E-state index in [2.05, 4.69) is 0 Å². The van der Waals surface area contributed by atoms with Crippen LogP contribution in [-0.2, 0) is 35.2 Å². The van der Waals surface area contributed by atoms with Gasteiger partial charge in [0.2, 0.25) is 0 Å². The van der Waals surface area contributed by atoms with Gasteiger partial charge in [-0.15, -0.1) is 0 Å². The highest BCUT2D eigenvalue weighted by atomic mass is 32.2. The van der Waals surface area contributed by atoms with E-state index in [9.17, 15) is 18.9 Å². The normalized spacial score (nSPS) is 18.0. The van der Waals surface area contributed by atoms with Crippen LogP contribution < -0.4 is 0 Å². The highest BCUT2D eigenvalue weighted by molar-refractivity contribution is 7.82. The van der Waals surface area contributed by atoms with Crippen molar-refractivity contribution in [2.75, 3.05) is 13.1 Å². The van der Waals surface area contributed by atoms with Crippen molar-refractivity contribution in [2.24, 2.45) is 0 Å². The van der Waals surface area contributed by atoms with Crippen molar-refractivity contribution in [2.45, 2.75) is 56.9 Å². The molecule has 29 heavy (non-hydrogen) atoms. The zero-order valence-corrected chi connectivity index (χ0v) is 17.5. The number of hydrogen-bond donors (Lipinski definition) is 1. The van der Waals surface area contributed by atoms with Crippen molar-refractivity contribution in [3.63, 3.8) is 0 Å². The number of aliphatic carboxylic acids is 1. The second-order valence-corrected chi connectivity index (χ2v) is 9.27. The largest absolute Gasteiger partial charge is 0.480 e. The summed E-state index contributed by atoms with van der Waals surface area (Å²) in [6.45, 7) is 3.43. The molecule has 4 rings (SSSR count). The van der Waals surface area contributed by atoms with Crippen molar-refractivity contribution < 1.29 is 18.9 Å². The van der Waals surface area contributed by atoms with Crippen LogP contribution in [0.15, 0.2) is 29.2 Å². The number of aromatic nitrogens is 1. The van der Waals surface area contributed by atoms with Crippen LogP contribution in [0.25, 0.3) is 0 Å². The van der Waals surface area contributed by atoms with Crippen LogP contribution in [0, 0.1) is 6.92 Å². The van der Waals surface area contributed by atoms with E-state index in [1.165, 1.54) is 0 Å². The molecule has 1 atom stereocenters. The molecule has 1 fully saturated rings. The number of Topliss-reactive ketones (excluding diaryl/α,β-unsaturated/α-hetero) is 1. The van der Waals surface area contributed by atoms with Gasteiger partial charge >= 0.3 is 5.97 Å². The lowest BCUT2D eigenvalue weighted by Gasteiger charge is -2.17. The van der Waals surface area contributed by atoms with Gasteiger partial charge in [-0.25, -0.2) is 8.51 Å². The molecule has 0 spiro atoms. The monoisotopic (exact) mass is 414 g/mol. The maximum Gasteiger partial charge on any atom is 0.323 e. The summed E-state index contributed by atoms with van der Waals surface area (Å²) < 4.78 is 16.9. The van der Waals surface area contributed by atoms with E-state index >= 15 is 0 Å². The summed E-state index contributed by atoms with van der Waals surface area (Å²) in [6.07, 6.45) is 4.58. The second-order valence-electron chi connectivity index (χ2n) is 7.81. The fourth-order valence-electron chi connectivity index (χ4n) is 4.56. The fourth-order valence-corrected chi connectivity index (χ4v) is 5.98. The first-order valence-electron chi connectivity index (χ1n) is 10.2. The summed E-state index contributed by atoms with van der Waals surface area (Å²) in [7, 11) is -1.22. The average Bonchev–Trinajstić information content (AvgIpc) is 3.32. The van der Waals surface area contributed by atoms with Crippen molar-refractivity contribution in [1.29, 1.82) is 0 Å². The van der Waals surface area contributed by atoms with E-state index in [-0.39, 0.29) is 12.3 Å². The molecule has 2 heterocycles. The van der Waals surface area contributed by atoms with Crippen LogP contribution in [0.3, 0.4) is 0 Å². The van der Waals surface area contributed by atoms with Gasteiger partial charge in [0.1, 0.15) is 17.5 Å². The van der Waals surface area contributed by atoms with Crippen LogP contribution in [0.1, 0.15) is 58.6 Å². The zero-order valence-electron chi connectivity index (χ0n) is 16.6. The number of carbonyl (C=O) groups is 2. The lowest BCUT2D eigenvalue weighted by atomic mass is 9.90. The molecule has 0 radical (unpaired) electrons. The Morgan fingerprint density at radius 3 is 2.59 bits per heavy atom. The molecule has 0 amide bonds. The van der Waals surface area contributed by atoms with Crippen LogP contribution in [0.2, 0.25) is 0 Å². The predicted octanol–water partition coefficient (Wildman–Crippen LogP) is 3.11. The molecule has 6 nitrogen and oxygen atoms in total. The molecule has 1 aromatic heterocycles. The molecule has 1 saturated heterocycles. The van der Waals surface area contributed by atoms with Crippen LogP contribution >= 0.6 is 0 Å². The number of rotatable bonds is 6. The van der Waals surface area contributed by atoms with Crippen LogP contribution in [0.5, 0.6) is 0 Å². The van der Waals surface area contributed by atoms with Crippen molar-refractivity contribution in [3.05, 3.63) is 52.3 Å². The van der Waals surface area contributed by atoms with Gasteiger partial charge < -0.3 is 9.67 Å². The number of carboxylic acids is 1. The molecular weight excluding hydrogens is 388 g/mol. The van der Waals surface area contributed by atoms with E-state index in [1.54, 1.807) is 4.57 Å². The van der Waals surface area contributed by atoms with Gasteiger partial charge in [-0.2, -0.15) is 0 Å². The molecule has 0 bridgehead atoms. The van der Waals surface area contributed by atoms with Crippen LogP contribution in [0.4, 0.5) is 0 Å². The molecule has 1 unspecified atom stereocenters. The lowest BCUT2D eigenvalue weighted by Crippen LogP contribution is -2.23. The second kappa shape index (κ2) is 8.24. The van der Waals surface area contributed by atoms with E-state index in [0.717, 1.165) is 66.2 Å². The third-order valence-electron chi connectivity index (χ3n) is 5.97. The molecule has 1 aromatic carbocycles. The van der Waals surface area contributed by atoms with Gasteiger partial charge in [0.25, 0.3) is 0 Å². The Morgan fingerprint density at radius 1 is 1.14 bits per heavy atom. The standard InChI is InChI=1S/C22H26N2O4S/c1-15-17(22-18(8-6-9-19(22)25)24(15)14-21(26)27)13-16-7-2-3-10-20(16)29(28)23-11-4-5-12-23/h2-3,7,10H,4-6,8-9,11-14H2,1H3,(H,26,27). The molecule has 1 N–H and O–H groups in total. The number of ketones is 1. The summed E-state index contributed by atoms with van der Waals surface area (Å²) in [5.74, 6) is -0.822. The van der Waals surface area contributed by atoms with Crippen molar-refractivity contribution in [3.8, 4) is 0 Å². The van der Waals surface area contributed by atoms with Gasteiger partial charge in [-0.05, 0) is 49.8 Å². The fraction of sp³-hybridized carbons (Fsp3) is 0.455. The first-order valence-corrected chi connectivity index (χ1v) is 11.3. The molecule has 7 heteroatoms. The first kappa shape index (κ1) is 20.0. The van der Waals surface area contributed by atoms with Gasteiger partial charge in [-0.3, -0.25) is 9.59 Å². The molecular formula is C22H26N2O4S. The van der Waals surface area contributed by atoms with Gasteiger partial charge in [-0.1, -0.05) is 18.2 Å². The summed E-state index contributed by atoms with van der Waals surface area (Å²) >= 11 is 0. The van der Waals surface area contributed by atoms with Gasteiger partial charge in [0.05, 0.1) is 4.90 Å². The molecule has 1 aliphatic heterocycles. The molecule has 2 aromatic rings. The minimum absolute atomic E-state index is 0.0895. The number of carboxylic acid groups (broad SMARTS) is 1. The van der Waals surface area contributed by atoms with Gasteiger partial charge in [0, 0.05) is 42.9 Å². The molecule has 2 aliphatic rings. The van der Waals surface area contributed by atoms with E-state index in [0.29, 0.717) is 18.4 Å². The Kier molecular flexibility index (Phi) is 5.69.